The summed E-state index contributed by atoms with van der Waals surface area (Å²) >= 11 is 4.77. The van der Waals surface area contributed by atoms with Gasteiger partial charge in [0.05, 0.1) is 16.8 Å². The Morgan fingerprint density at radius 3 is 2.82 bits per heavy atom. The van der Waals surface area contributed by atoms with Gasteiger partial charge in [0.15, 0.2) is 10.6 Å². The van der Waals surface area contributed by atoms with E-state index in [4.69, 9.17) is 9.15 Å². The maximum atomic E-state index is 12.7. The van der Waals surface area contributed by atoms with Gasteiger partial charge in [-0.1, -0.05) is 45.5 Å². The molecule has 0 aliphatic rings. The summed E-state index contributed by atoms with van der Waals surface area (Å²) in [5.41, 5.74) is 1.43. The summed E-state index contributed by atoms with van der Waals surface area (Å²) in [7, 11) is 0. The number of ether oxygens (including phenoxy) is 1. The van der Waals surface area contributed by atoms with Gasteiger partial charge in [-0.2, -0.15) is 4.99 Å². The van der Waals surface area contributed by atoms with Crippen molar-refractivity contribution in [3.8, 4) is 0 Å². The Hall–Kier alpha value is -2.71. The first-order valence-corrected chi connectivity index (χ1v) is 10.2. The minimum atomic E-state index is -0.501. The molecule has 0 saturated heterocycles. The minimum Gasteiger partial charge on any atom is -0.465 e. The van der Waals surface area contributed by atoms with E-state index in [9.17, 15) is 9.59 Å². The van der Waals surface area contributed by atoms with Crippen LogP contribution >= 0.6 is 27.3 Å². The fraction of sp³-hybridized carbons (Fsp3) is 0.150. The van der Waals surface area contributed by atoms with Crippen molar-refractivity contribution in [3.63, 3.8) is 0 Å². The molecule has 0 bridgehead atoms. The van der Waals surface area contributed by atoms with Gasteiger partial charge in [-0.25, -0.2) is 0 Å². The molecule has 0 spiro atoms. The van der Waals surface area contributed by atoms with Gasteiger partial charge in [0.1, 0.15) is 12.1 Å². The van der Waals surface area contributed by atoms with Gasteiger partial charge in [-0.15, -0.1) is 0 Å². The first-order chi connectivity index (χ1) is 13.5. The molecule has 0 fully saturated rings. The number of halogens is 1. The van der Waals surface area contributed by atoms with Crippen LogP contribution in [0.1, 0.15) is 17.5 Å². The number of para-hydroxylation sites is 1. The molecule has 0 radical (unpaired) electrons. The van der Waals surface area contributed by atoms with Crippen LogP contribution in [0.4, 0.5) is 0 Å². The number of furan rings is 1. The van der Waals surface area contributed by atoms with Crippen molar-refractivity contribution in [1.82, 2.24) is 4.57 Å². The van der Waals surface area contributed by atoms with Crippen molar-refractivity contribution >= 4 is 60.3 Å². The van der Waals surface area contributed by atoms with Crippen LogP contribution in [0, 0.1) is 0 Å². The molecular formula is C20H15BrN2O4S. The Morgan fingerprint density at radius 2 is 2.04 bits per heavy atom. The molecule has 4 aromatic rings. The Morgan fingerprint density at radius 1 is 1.21 bits per heavy atom. The van der Waals surface area contributed by atoms with Crippen molar-refractivity contribution in [1.29, 1.82) is 0 Å². The second-order valence-electron chi connectivity index (χ2n) is 5.95. The van der Waals surface area contributed by atoms with Gasteiger partial charge in [0.2, 0.25) is 0 Å². The lowest BCUT2D eigenvalue weighted by Crippen LogP contribution is -2.23. The highest BCUT2D eigenvalue weighted by atomic mass is 79.9. The van der Waals surface area contributed by atoms with Crippen LogP contribution in [-0.4, -0.2) is 23.1 Å². The summed E-state index contributed by atoms with van der Waals surface area (Å²) in [6.45, 7) is 2.01. The Labute approximate surface area is 172 Å². The number of hydrogen-bond acceptors (Lipinski definition) is 5. The molecule has 4 rings (SSSR count). The summed E-state index contributed by atoms with van der Waals surface area (Å²) < 4.78 is 14.2. The molecule has 142 valence electrons. The van der Waals surface area contributed by atoms with E-state index >= 15 is 0 Å². The molecule has 2 aromatic heterocycles. The Balaban J connectivity index is 1.81. The summed E-state index contributed by atoms with van der Waals surface area (Å²) in [4.78, 5) is 29.4. The molecule has 6 nitrogen and oxygen atoms in total. The van der Waals surface area contributed by atoms with Crippen LogP contribution < -0.4 is 4.80 Å². The van der Waals surface area contributed by atoms with Gasteiger partial charge in [-0.3, -0.25) is 9.59 Å². The number of amides is 1. The number of esters is 1. The molecule has 0 N–H and O–H groups in total. The molecule has 8 heteroatoms. The SMILES string of the molecule is CCOC(=O)Cn1c(=NC(=O)c2cc3ccccc3o2)sc2cc(Br)ccc21. The van der Waals surface area contributed by atoms with Crippen LogP contribution in [0.3, 0.4) is 0 Å². The number of rotatable bonds is 4. The fourth-order valence-corrected chi connectivity index (χ4v) is 4.43. The first-order valence-electron chi connectivity index (χ1n) is 8.57. The average Bonchev–Trinajstić information content (AvgIpc) is 3.23. The molecule has 0 saturated carbocycles. The predicted octanol–water partition coefficient (Wildman–Crippen LogP) is 4.52. The minimum absolute atomic E-state index is 0.0261. The van der Waals surface area contributed by atoms with Gasteiger partial charge < -0.3 is 13.7 Å². The number of aromatic nitrogens is 1. The maximum absolute atomic E-state index is 12.7. The van der Waals surface area contributed by atoms with E-state index in [1.54, 1.807) is 23.6 Å². The molecule has 0 unspecified atom stereocenters. The monoisotopic (exact) mass is 458 g/mol. The molecule has 28 heavy (non-hydrogen) atoms. The summed E-state index contributed by atoms with van der Waals surface area (Å²) in [5.74, 6) is -0.732. The number of carbonyl (C=O) groups is 2. The number of carbonyl (C=O) groups excluding carboxylic acids is 2. The molecule has 0 atom stereocenters. The van der Waals surface area contributed by atoms with Gasteiger partial charge >= 0.3 is 11.9 Å². The van der Waals surface area contributed by atoms with Crippen molar-refractivity contribution in [2.75, 3.05) is 6.61 Å². The quantitative estimate of drug-likeness (QED) is 0.421. The van der Waals surface area contributed by atoms with Crippen LogP contribution in [0.15, 0.2) is 62.4 Å². The van der Waals surface area contributed by atoms with E-state index < -0.39 is 5.91 Å². The smallest absolute Gasteiger partial charge is 0.326 e. The van der Waals surface area contributed by atoms with E-state index in [1.165, 1.54) is 11.3 Å². The third-order valence-electron chi connectivity index (χ3n) is 4.07. The van der Waals surface area contributed by atoms with Gasteiger partial charge in [-0.05, 0) is 37.3 Å². The molecule has 0 aliphatic heterocycles. The van der Waals surface area contributed by atoms with Crippen LogP contribution in [0.5, 0.6) is 0 Å². The fourth-order valence-electron chi connectivity index (χ4n) is 2.85. The zero-order valence-corrected chi connectivity index (χ0v) is 17.2. The Bertz CT molecular complexity index is 1240. The second kappa shape index (κ2) is 7.73. The highest BCUT2D eigenvalue weighted by Gasteiger charge is 2.15. The Kier molecular flexibility index (Phi) is 5.15. The van der Waals surface area contributed by atoms with E-state index in [1.807, 2.05) is 36.4 Å². The number of hydrogen-bond donors (Lipinski definition) is 0. The van der Waals surface area contributed by atoms with Crippen molar-refractivity contribution < 1.29 is 18.7 Å². The maximum Gasteiger partial charge on any atom is 0.326 e. The van der Waals surface area contributed by atoms with E-state index in [0.29, 0.717) is 10.4 Å². The number of benzene rings is 2. The molecule has 1 amide bonds. The van der Waals surface area contributed by atoms with Crippen molar-refractivity contribution in [2.45, 2.75) is 13.5 Å². The number of fused-ring (bicyclic) bond motifs is 2. The van der Waals surface area contributed by atoms with Crippen LogP contribution in [-0.2, 0) is 16.1 Å². The lowest BCUT2D eigenvalue weighted by molar-refractivity contribution is -0.143. The molecular weight excluding hydrogens is 444 g/mol. The van der Waals surface area contributed by atoms with Crippen molar-refractivity contribution in [3.05, 3.63) is 63.6 Å². The summed E-state index contributed by atoms with van der Waals surface area (Å²) in [6.07, 6.45) is 0. The molecule has 2 heterocycles. The molecule has 0 aliphatic carbocycles. The normalized spacial score (nSPS) is 12.0. The van der Waals surface area contributed by atoms with Crippen molar-refractivity contribution in [2.24, 2.45) is 4.99 Å². The number of thiazole rings is 1. The summed E-state index contributed by atoms with van der Waals surface area (Å²) in [6, 6.07) is 14.7. The lowest BCUT2D eigenvalue weighted by atomic mass is 10.2. The lowest BCUT2D eigenvalue weighted by Gasteiger charge is -2.05. The van der Waals surface area contributed by atoms with E-state index in [2.05, 4.69) is 20.9 Å². The zero-order chi connectivity index (χ0) is 19.7. The topological polar surface area (TPSA) is 73.8 Å². The van der Waals surface area contributed by atoms with Crippen LogP contribution in [0.2, 0.25) is 0 Å². The average molecular weight is 459 g/mol. The zero-order valence-electron chi connectivity index (χ0n) is 14.8. The predicted molar refractivity (Wildman–Crippen MR) is 110 cm³/mol. The third-order valence-corrected chi connectivity index (χ3v) is 5.61. The first kappa shape index (κ1) is 18.6. The molecule has 2 aromatic carbocycles. The largest absolute Gasteiger partial charge is 0.465 e. The highest BCUT2D eigenvalue weighted by Crippen LogP contribution is 2.23. The van der Waals surface area contributed by atoms with Gasteiger partial charge in [0.25, 0.3) is 0 Å². The third kappa shape index (κ3) is 3.65. The number of nitrogens with zero attached hydrogens (tertiary/aromatic N) is 2. The highest BCUT2D eigenvalue weighted by molar-refractivity contribution is 9.10. The summed E-state index contributed by atoms with van der Waals surface area (Å²) in [5, 5.41) is 0.834. The van der Waals surface area contributed by atoms with E-state index in [0.717, 1.165) is 20.1 Å². The van der Waals surface area contributed by atoms with Crippen LogP contribution in [0.25, 0.3) is 21.2 Å². The van der Waals surface area contributed by atoms with Gasteiger partial charge in [0, 0.05) is 9.86 Å². The standard InChI is InChI=1S/C20H15BrN2O4S/c1-2-26-18(24)11-23-14-8-7-13(21)10-17(14)28-20(23)22-19(25)16-9-12-5-3-4-6-15(12)27-16/h3-10H,2,11H2,1H3. The van der Waals surface area contributed by atoms with E-state index in [-0.39, 0.29) is 24.9 Å². The second-order valence-corrected chi connectivity index (χ2v) is 7.88.